The first-order chi connectivity index (χ1) is 8.59. The predicted molar refractivity (Wildman–Crippen MR) is 58.9 cm³/mol. The second-order valence-corrected chi connectivity index (χ2v) is 4.29. The van der Waals surface area contributed by atoms with Crippen LogP contribution in [0.3, 0.4) is 0 Å². The summed E-state index contributed by atoms with van der Waals surface area (Å²) in [6, 6.07) is 0. The molecular formula is C11H14N4O3. The van der Waals surface area contributed by atoms with Crippen LogP contribution in [-0.4, -0.2) is 60.0 Å². The zero-order valence-electron chi connectivity index (χ0n) is 10.0. The minimum absolute atomic E-state index is 0.142. The Morgan fingerprint density at radius 2 is 1.78 bits per heavy atom. The molecule has 1 aromatic rings. The van der Waals surface area contributed by atoms with E-state index in [0.29, 0.717) is 13.1 Å². The van der Waals surface area contributed by atoms with Crippen molar-refractivity contribution in [1.82, 2.24) is 14.9 Å². The van der Waals surface area contributed by atoms with Crippen LogP contribution in [0.25, 0.3) is 0 Å². The smallest absolute Gasteiger partial charge is 0.275 e. The molecule has 0 unspecified atom stereocenters. The molecular weight excluding hydrogens is 236 g/mol. The van der Waals surface area contributed by atoms with Gasteiger partial charge in [0.2, 0.25) is 0 Å². The number of nitrogens with one attached hydrogen (secondary N) is 1. The van der Waals surface area contributed by atoms with Crippen molar-refractivity contribution >= 4 is 11.9 Å². The van der Waals surface area contributed by atoms with Gasteiger partial charge in [0.25, 0.3) is 5.91 Å². The van der Waals surface area contributed by atoms with Crippen molar-refractivity contribution in [3.8, 4) is 0 Å². The van der Waals surface area contributed by atoms with Gasteiger partial charge in [0, 0.05) is 12.4 Å². The highest BCUT2D eigenvalue weighted by molar-refractivity contribution is 6.01. The maximum absolute atomic E-state index is 12.2. The van der Waals surface area contributed by atoms with Crippen molar-refractivity contribution in [3.05, 3.63) is 23.8 Å². The van der Waals surface area contributed by atoms with E-state index in [-0.39, 0.29) is 5.69 Å². The Morgan fingerprint density at radius 3 is 2.33 bits per heavy atom. The lowest BCUT2D eigenvalue weighted by molar-refractivity contribution is -0.883. The lowest BCUT2D eigenvalue weighted by atomic mass is 10.2. The van der Waals surface area contributed by atoms with Gasteiger partial charge in [0.15, 0.2) is 5.69 Å². The summed E-state index contributed by atoms with van der Waals surface area (Å²) in [6.45, 7) is 2.86. The summed E-state index contributed by atoms with van der Waals surface area (Å²) in [7, 11) is 2.05. The standard InChI is InChI=1S/C11H14N4O3/c1-14-4-6-15(7-5-14)10(16)8-9(11(17)18)13-3-2-12-8/h2-3H,4-7H2,1H3,(H,17,18). The highest BCUT2D eigenvalue weighted by Crippen LogP contribution is 2.05. The Labute approximate surface area is 104 Å². The van der Waals surface area contributed by atoms with E-state index in [1.54, 1.807) is 4.90 Å². The van der Waals surface area contributed by atoms with Crippen LogP contribution in [0.2, 0.25) is 0 Å². The topological polar surface area (TPSA) is 90.7 Å². The third kappa shape index (κ3) is 2.45. The summed E-state index contributed by atoms with van der Waals surface area (Å²) in [5.74, 6) is -1.87. The molecule has 2 rings (SSSR count). The maximum Gasteiger partial charge on any atom is 0.275 e. The molecule has 7 heteroatoms. The number of hydrogen-bond acceptors (Lipinski definition) is 5. The number of piperazine rings is 1. The van der Waals surface area contributed by atoms with E-state index in [9.17, 15) is 14.7 Å². The highest BCUT2D eigenvalue weighted by Gasteiger charge is 2.25. The van der Waals surface area contributed by atoms with Crippen LogP contribution < -0.4 is 10.0 Å². The molecule has 2 heterocycles. The normalized spacial score (nSPS) is 16.6. The monoisotopic (exact) mass is 250 g/mol. The van der Waals surface area contributed by atoms with Crippen molar-refractivity contribution in [3.63, 3.8) is 0 Å². The molecule has 0 aromatic carbocycles. The Hall–Kier alpha value is -2.02. The first-order valence-electron chi connectivity index (χ1n) is 5.72. The number of quaternary nitrogens is 1. The molecule has 0 spiro atoms. The molecule has 0 aliphatic carbocycles. The van der Waals surface area contributed by atoms with E-state index >= 15 is 0 Å². The molecule has 0 bridgehead atoms. The van der Waals surface area contributed by atoms with Gasteiger partial charge in [-0.25, -0.2) is 4.98 Å². The average Bonchev–Trinajstić information content (AvgIpc) is 2.39. The molecule has 18 heavy (non-hydrogen) atoms. The fourth-order valence-electron chi connectivity index (χ4n) is 1.89. The molecule has 96 valence electrons. The lowest BCUT2D eigenvalue weighted by Crippen LogP contribution is -3.12. The van der Waals surface area contributed by atoms with Crippen LogP contribution in [-0.2, 0) is 0 Å². The van der Waals surface area contributed by atoms with Gasteiger partial charge in [-0.15, -0.1) is 0 Å². The van der Waals surface area contributed by atoms with Gasteiger partial charge in [-0.3, -0.25) is 9.78 Å². The quantitative estimate of drug-likeness (QED) is 0.597. The second-order valence-electron chi connectivity index (χ2n) is 4.29. The van der Waals surface area contributed by atoms with Crippen LogP contribution in [0.5, 0.6) is 0 Å². The molecule has 1 fully saturated rings. The van der Waals surface area contributed by atoms with Gasteiger partial charge in [-0.1, -0.05) is 0 Å². The summed E-state index contributed by atoms with van der Waals surface area (Å²) in [4.78, 5) is 33.4. The van der Waals surface area contributed by atoms with Crippen LogP contribution >= 0.6 is 0 Å². The number of likely N-dealkylation sites (N-methyl/N-ethyl adjacent to an activating group) is 1. The number of rotatable bonds is 2. The van der Waals surface area contributed by atoms with Crippen molar-refractivity contribution in [2.75, 3.05) is 33.2 Å². The Kier molecular flexibility index (Phi) is 3.52. The van der Waals surface area contributed by atoms with E-state index in [1.807, 2.05) is 0 Å². The van der Waals surface area contributed by atoms with Gasteiger partial charge in [-0.2, -0.15) is 0 Å². The Morgan fingerprint density at radius 1 is 1.22 bits per heavy atom. The van der Waals surface area contributed by atoms with Crippen molar-refractivity contribution in [1.29, 1.82) is 0 Å². The van der Waals surface area contributed by atoms with E-state index < -0.39 is 17.6 Å². The molecule has 0 atom stereocenters. The third-order valence-electron chi connectivity index (χ3n) is 3.00. The number of aromatic carboxylic acids is 1. The molecule has 0 radical (unpaired) electrons. The summed E-state index contributed by atoms with van der Waals surface area (Å²) in [5, 5.41) is 10.9. The number of aromatic nitrogens is 2. The van der Waals surface area contributed by atoms with Gasteiger partial charge in [0.05, 0.1) is 39.2 Å². The highest BCUT2D eigenvalue weighted by atomic mass is 16.4. The molecule has 7 nitrogen and oxygen atoms in total. The number of carboxylic acids is 1. The van der Waals surface area contributed by atoms with Crippen LogP contribution in [0, 0.1) is 0 Å². The minimum atomic E-state index is -1.48. The summed E-state index contributed by atoms with van der Waals surface area (Å²) in [6.07, 6.45) is 2.54. The molecule has 1 aromatic heterocycles. The zero-order chi connectivity index (χ0) is 13.1. The lowest BCUT2D eigenvalue weighted by Gasteiger charge is -2.30. The first-order valence-corrected chi connectivity index (χ1v) is 5.72. The van der Waals surface area contributed by atoms with Gasteiger partial charge in [0.1, 0.15) is 5.69 Å². The number of carbonyl (C=O) groups excluding carboxylic acids is 2. The van der Waals surface area contributed by atoms with Crippen LogP contribution in [0.1, 0.15) is 21.0 Å². The third-order valence-corrected chi connectivity index (χ3v) is 3.00. The van der Waals surface area contributed by atoms with Crippen molar-refractivity contribution in [2.24, 2.45) is 0 Å². The summed E-state index contributed by atoms with van der Waals surface area (Å²) < 4.78 is 0. The average molecular weight is 250 g/mol. The number of amides is 1. The maximum atomic E-state index is 12.2. The molecule has 1 N–H and O–H groups in total. The fourth-order valence-corrected chi connectivity index (χ4v) is 1.89. The molecule has 1 aliphatic rings. The van der Waals surface area contributed by atoms with Crippen LogP contribution in [0.4, 0.5) is 0 Å². The minimum Gasteiger partial charge on any atom is -0.543 e. The van der Waals surface area contributed by atoms with E-state index in [0.717, 1.165) is 13.1 Å². The summed E-state index contributed by atoms with van der Waals surface area (Å²) in [5.41, 5.74) is -0.536. The first kappa shape index (κ1) is 12.4. The largest absolute Gasteiger partial charge is 0.543 e. The zero-order valence-corrected chi connectivity index (χ0v) is 10.0. The SMILES string of the molecule is C[NH+]1CCN(C(=O)c2nccnc2C(=O)[O-])CC1. The van der Waals surface area contributed by atoms with E-state index in [1.165, 1.54) is 17.3 Å². The Bertz CT molecular complexity index is 469. The number of nitrogens with zero attached hydrogens (tertiary/aromatic N) is 3. The molecule has 1 saturated heterocycles. The van der Waals surface area contributed by atoms with Crippen molar-refractivity contribution < 1.29 is 19.6 Å². The summed E-state index contributed by atoms with van der Waals surface area (Å²) >= 11 is 0. The number of carbonyl (C=O) groups is 2. The van der Waals surface area contributed by atoms with Crippen molar-refractivity contribution in [2.45, 2.75) is 0 Å². The molecule has 1 amide bonds. The van der Waals surface area contributed by atoms with Gasteiger partial charge >= 0.3 is 0 Å². The second kappa shape index (κ2) is 5.09. The molecule has 1 aliphatic heterocycles. The Balaban J connectivity index is 2.21. The number of hydrogen-bond donors (Lipinski definition) is 1. The fraction of sp³-hybridized carbons (Fsp3) is 0.455. The van der Waals surface area contributed by atoms with E-state index in [4.69, 9.17) is 0 Å². The number of carboxylic acid groups (broad SMARTS) is 1. The van der Waals surface area contributed by atoms with Crippen LogP contribution in [0.15, 0.2) is 12.4 Å². The van der Waals surface area contributed by atoms with Gasteiger partial charge in [-0.05, 0) is 0 Å². The molecule has 0 saturated carbocycles. The van der Waals surface area contributed by atoms with E-state index in [2.05, 4.69) is 17.0 Å². The van der Waals surface area contributed by atoms with Gasteiger partial charge < -0.3 is 19.7 Å². The predicted octanol–water partition coefficient (Wildman–Crippen LogP) is -3.19.